The van der Waals surface area contributed by atoms with E-state index in [4.69, 9.17) is 0 Å². The monoisotopic (exact) mass is 378 g/mol. The molecule has 8 nitrogen and oxygen atoms in total. The fourth-order valence-corrected chi connectivity index (χ4v) is 2.42. The normalized spacial score (nSPS) is 10.2. The Morgan fingerprint density at radius 3 is 2.21 bits per heavy atom. The zero-order chi connectivity index (χ0) is 19.9. The number of aromatic nitrogens is 2. The predicted molar refractivity (Wildman–Crippen MR) is 102 cm³/mol. The molecule has 0 atom stereocenters. The molecule has 0 aliphatic rings. The van der Waals surface area contributed by atoms with E-state index in [0.717, 1.165) is 5.69 Å². The van der Waals surface area contributed by atoms with Crippen LogP contribution in [0.15, 0.2) is 67.0 Å². The number of benzene rings is 2. The van der Waals surface area contributed by atoms with E-state index in [0.29, 0.717) is 16.8 Å². The molecule has 0 bridgehead atoms. The number of hydrogen-bond acceptors (Lipinski definition) is 5. The Bertz CT molecular complexity index is 964. The summed E-state index contributed by atoms with van der Waals surface area (Å²) in [4.78, 5) is 35.4. The first-order chi connectivity index (χ1) is 13.6. The van der Waals surface area contributed by atoms with Crippen LogP contribution in [0.1, 0.15) is 20.7 Å². The van der Waals surface area contributed by atoms with E-state index in [1.807, 2.05) is 12.3 Å². The molecule has 142 valence electrons. The zero-order valence-electron chi connectivity index (χ0n) is 15.1. The van der Waals surface area contributed by atoms with Gasteiger partial charge in [-0.15, -0.1) is 0 Å². The molecule has 0 spiro atoms. The van der Waals surface area contributed by atoms with Crippen molar-refractivity contribution in [1.82, 2.24) is 15.1 Å². The minimum atomic E-state index is -0.532. The highest BCUT2D eigenvalue weighted by Gasteiger charge is 2.10. The van der Waals surface area contributed by atoms with Crippen molar-refractivity contribution in [2.24, 2.45) is 0 Å². The summed E-state index contributed by atoms with van der Waals surface area (Å²) in [6, 6.07) is 15.2. The van der Waals surface area contributed by atoms with Gasteiger partial charge in [0.25, 0.3) is 11.8 Å². The van der Waals surface area contributed by atoms with Crippen molar-refractivity contribution in [1.29, 1.82) is 0 Å². The maximum Gasteiger partial charge on any atom is 0.325 e. The van der Waals surface area contributed by atoms with Crippen LogP contribution in [-0.4, -0.2) is 41.2 Å². The van der Waals surface area contributed by atoms with Crippen molar-refractivity contribution in [3.8, 4) is 5.69 Å². The molecule has 2 aromatic carbocycles. The average Bonchev–Trinajstić information content (AvgIpc) is 3.27. The Balaban J connectivity index is 1.59. The van der Waals surface area contributed by atoms with Gasteiger partial charge >= 0.3 is 5.97 Å². The van der Waals surface area contributed by atoms with Gasteiger partial charge in [-0.05, 0) is 54.6 Å². The molecule has 8 heteroatoms. The second-order valence-corrected chi connectivity index (χ2v) is 5.79. The second kappa shape index (κ2) is 8.63. The summed E-state index contributed by atoms with van der Waals surface area (Å²) >= 11 is 0. The van der Waals surface area contributed by atoms with Gasteiger partial charge in [-0.25, -0.2) is 4.68 Å². The summed E-state index contributed by atoms with van der Waals surface area (Å²) in [5, 5.41) is 9.35. The van der Waals surface area contributed by atoms with E-state index in [1.54, 1.807) is 59.4 Å². The Hall–Kier alpha value is -3.94. The van der Waals surface area contributed by atoms with Gasteiger partial charge in [-0.1, -0.05) is 0 Å². The van der Waals surface area contributed by atoms with Gasteiger partial charge in [0, 0.05) is 29.2 Å². The molecule has 0 fully saturated rings. The quantitative estimate of drug-likeness (QED) is 0.639. The number of rotatable bonds is 6. The maximum absolute atomic E-state index is 12.4. The topological polar surface area (TPSA) is 102 Å². The Morgan fingerprint density at radius 2 is 1.61 bits per heavy atom. The molecule has 2 N–H and O–H groups in total. The molecule has 0 saturated carbocycles. The minimum Gasteiger partial charge on any atom is -0.468 e. The average molecular weight is 378 g/mol. The number of esters is 1. The summed E-state index contributed by atoms with van der Waals surface area (Å²) in [5.74, 6) is -1.21. The fourth-order valence-electron chi connectivity index (χ4n) is 2.42. The van der Waals surface area contributed by atoms with Crippen LogP contribution < -0.4 is 10.6 Å². The summed E-state index contributed by atoms with van der Waals surface area (Å²) in [6.45, 7) is -0.206. The number of carbonyl (C=O) groups excluding carboxylic acids is 3. The third kappa shape index (κ3) is 4.61. The lowest BCUT2D eigenvalue weighted by Crippen LogP contribution is -2.30. The molecule has 3 aromatic rings. The lowest BCUT2D eigenvalue weighted by atomic mass is 10.1. The Morgan fingerprint density at radius 1 is 0.964 bits per heavy atom. The molecular formula is C20H18N4O4. The van der Waals surface area contributed by atoms with E-state index >= 15 is 0 Å². The van der Waals surface area contributed by atoms with Gasteiger partial charge in [0.2, 0.25) is 0 Å². The standard InChI is InChI=1S/C20H18N4O4/c1-28-18(25)13-21-19(26)14-3-7-16(8-4-14)23-20(27)15-5-9-17(10-6-15)24-12-2-11-22-24/h2-12H,13H2,1H3,(H,21,26)(H,23,27). The first-order valence-electron chi connectivity index (χ1n) is 8.43. The van der Waals surface area contributed by atoms with E-state index in [1.165, 1.54) is 7.11 Å². The maximum atomic E-state index is 12.4. The van der Waals surface area contributed by atoms with Gasteiger partial charge < -0.3 is 15.4 Å². The van der Waals surface area contributed by atoms with Gasteiger partial charge in [-0.3, -0.25) is 14.4 Å². The fraction of sp³-hybridized carbons (Fsp3) is 0.100. The number of hydrogen-bond donors (Lipinski definition) is 2. The molecule has 0 aliphatic carbocycles. The zero-order valence-corrected chi connectivity index (χ0v) is 15.1. The number of ether oxygens (including phenoxy) is 1. The summed E-state index contributed by atoms with van der Waals surface area (Å²) < 4.78 is 6.16. The van der Waals surface area contributed by atoms with E-state index in [9.17, 15) is 14.4 Å². The van der Waals surface area contributed by atoms with Crippen LogP contribution in [-0.2, 0) is 9.53 Å². The van der Waals surface area contributed by atoms with Crippen molar-refractivity contribution in [2.75, 3.05) is 19.0 Å². The third-order valence-electron chi connectivity index (χ3n) is 3.92. The highest BCUT2D eigenvalue weighted by Crippen LogP contribution is 2.13. The first kappa shape index (κ1) is 18.8. The van der Waals surface area contributed by atoms with E-state index in [-0.39, 0.29) is 12.5 Å². The summed E-state index contributed by atoms with van der Waals surface area (Å²) in [5.41, 5.74) is 2.26. The van der Waals surface area contributed by atoms with E-state index < -0.39 is 11.9 Å². The largest absolute Gasteiger partial charge is 0.468 e. The smallest absolute Gasteiger partial charge is 0.325 e. The number of carbonyl (C=O) groups is 3. The lowest BCUT2D eigenvalue weighted by Gasteiger charge is -2.08. The highest BCUT2D eigenvalue weighted by atomic mass is 16.5. The van der Waals surface area contributed by atoms with Crippen LogP contribution in [0.3, 0.4) is 0 Å². The number of nitrogens with one attached hydrogen (secondary N) is 2. The van der Waals surface area contributed by atoms with Crippen LogP contribution in [0.2, 0.25) is 0 Å². The van der Waals surface area contributed by atoms with Crippen LogP contribution in [0.25, 0.3) is 5.69 Å². The first-order valence-corrected chi connectivity index (χ1v) is 8.43. The predicted octanol–water partition coefficient (Wildman–Crippen LogP) is 2.03. The number of methoxy groups -OCH3 is 1. The number of amides is 2. The minimum absolute atomic E-state index is 0.206. The van der Waals surface area contributed by atoms with Crippen molar-refractivity contribution in [3.05, 3.63) is 78.1 Å². The molecule has 2 amide bonds. The van der Waals surface area contributed by atoms with Gasteiger partial charge in [0.15, 0.2) is 0 Å². The Labute approximate surface area is 161 Å². The molecule has 0 radical (unpaired) electrons. The molecule has 1 aromatic heterocycles. The van der Waals surface area contributed by atoms with Crippen molar-refractivity contribution >= 4 is 23.5 Å². The van der Waals surface area contributed by atoms with Crippen molar-refractivity contribution in [2.45, 2.75) is 0 Å². The molecular weight excluding hydrogens is 360 g/mol. The molecule has 3 rings (SSSR count). The number of anilines is 1. The third-order valence-corrected chi connectivity index (χ3v) is 3.92. The summed E-state index contributed by atoms with van der Waals surface area (Å²) in [6.07, 6.45) is 3.50. The molecule has 28 heavy (non-hydrogen) atoms. The van der Waals surface area contributed by atoms with E-state index in [2.05, 4.69) is 20.5 Å². The highest BCUT2D eigenvalue weighted by molar-refractivity contribution is 6.04. The van der Waals surface area contributed by atoms with Gasteiger partial charge in [-0.2, -0.15) is 5.10 Å². The van der Waals surface area contributed by atoms with Crippen LogP contribution in [0, 0.1) is 0 Å². The van der Waals surface area contributed by atoms with Crippen LogP contribution >= 0.6 is 0 Å². The lowest BCUT2D eigenvalue weighted by molar-refractivity contribution is -0.139. The molecule has 1 heterocycles. The van der Waals surface area contributed by atoms with Gasteiger partial charge in [0.1, 0.15) is 6.54 Å². The molecule has 0 unspecified atom stereocenters. The summed E-state index contributed by atoms with van der Waals surface area (Å²) in [7, 11) is 1.25. The SMILES string of the molecule is COC(=O)CNC(=O)c1ccc(NC(=O)c2ccc(-n3cccn3)cc2)cc1. The van der Waals surface area contributed by atoms with Crippen LogP contribution in [0.4, 0.5) is 5.69 Å². The second-order valence-electron chi connectivity index (χ2n) is 5.79. The Kier molecular flexibility index (Phi) is 5.81. The number of nitrogens with zero attached hydrogens (tertiary/aromatic N) is 2. The van der Waals surface area contributed by atoms with Crippen LogP contribution in [0.5, 0.6) is 0 Å². The van der Waals surface area contributed by atoms with Crippen molar-refractivity contribution < 1.29 is 19.1 Å². The van der Waals surface area contributed by atoms with Gasteiger partial charge in [0.05, 0.1) is 12.8 Å². The molecule has 0 aliphatic heterocycles. The molecule has 0 saturated heterocycles. The van der Waals surface area contributed by atoms with Crippen molar-refractivity contribution in [3.63, 3.8) is 0 Å².